The average molecular weight is 464 g/mol. The third-order valence-electron chi connectivity index (χ3n) is 5.38. The van der Waals surface area contributed by atoms with Crippen molar-refractivity contribution in [2.24, 2.45) is 5.73 Å². The number of methoxy groups -OCH3 is 1. The Balaban J connectivity index is 1.55. The Morgan fingerprint density at radius 2 is 2.15 bits per heavy atom. The van der Waals surface area contributed by atoms with E-state index >= 15 is 0 Å². The lowest BCUT2D eigenvalue weighted by molar-refractivity contribution is 0.0993. The summed E-state index contributed by atoms with van der Waals surface area (Å²) in [5, 5.41) is 5.15. The lowest BCUT2D eigenvalue weighted by atomic mass is 10.2. The van der Waals surface area contributed by atoms with Gasteiger partial charge in [-0.1, -0.05) is 11.3 Å². The summed E-state index contributed by atoms with van der Waals surface area (Å²) in [6, 6.07) is 3.78. The zero-order valence-corrected chi connectivity index (χ0v) is 18.8. The number of hydrogen-bond acceptors (Lipinski definition) is 8. The number of aromatic nitrogens is 5. The number of hydrogen-bond donors (Lipinski definition) is 2. The van der Waals surface area contributed by atoms with E-state index in [1.165, 1.54) is 18.3 Å². The third-order valence-corrected chi connectivity index (χ3v) is 6.47. The minimum Gasteiger partial charge on any atom is -0.493 e. The predicted molar refractivity (Wildman–Crippen MR) is 123 cm³/mol. The molecular formula is C22H21N7O3S. The predicted octanol–water partition coefficient (Wildman–Crippen LogP) is 3.33. The van der Waals surface area contributed by atoms with E-state index in [0.717, 1.165) is 24.2 Å². The summed E-state index contributed by atoms with van der Waals surface area (Å²) in [7, 11) is 1.59. The van der Waals surface area contributed by atoms with Crippen LogP contribution in [0.15, 0.2) is 43.1 Å². The summed E-state index contributed by atoms with van der Waals surface area (Å²) >= 11 is 1.35. The van der Waals surface area contributed by atoms with Gasteiger partial charge >= 0.3 is 0 Å². The maximum absolute atomic E-state index is 12.2. The highest BCUT2D eigenvalue weighted by Gasteiger charge is 2.34. The van der Waals surface area contributed by atoms with Crippen LogP contribution < -0.4 is 15.4 Å². The number of anilines is 2. The lowest BCUT2D eigenvalue weighted by Gasteiger charge is -2.19. The maximum Gasteiger partial charge on any atom is 0.268 e. The van der Waals surface area contributed by atoms with Gasteiger partial charge in [0.1, 0.15) is 5.69 Å². The van der Waals surface area contributed by atoms with Crippen LogP contribution in [0.4, 0.5) is 10.8 Å². The summed E-state index contributed by atoms with van der Waals surface area (Å²) in [4.78, 5) is 38.3. The number of carbonyl (C=O) groups is 2. The maximum atomic E-state index is 12.2. The van der Waals surface area contributed by atoms with E-state index in [4.69, 9.17) is 10.5 Å². The Bertz CT molecular complexity index is 1350. The van der Waals surface area contributed by atoms with Crippen molar-refractivity contribution in [3.8, 4) is 22.0 Å². The number of ether oxygens (including phenoxy) is 1. The average Bonchev–Trinajstić information content (AvgIpc) is 3.21. The van der Waals surface area contributed by atoms with Crippen LogP contribution >= 0.6 is 11.3 Å². The molecule has 1 saturated carbocycles. The second-order valence-electron chi connectivity index (χ2n) is 7.69. The van der Waals surface area contributed by atoms with E-state index in [1.807, 2.05) is 12.3 Å². The van der Waals surface area contributed by atoms with Crippen molar-refractivity contribution < 1.29 is 14.3 Å². The minimum absolute atomic E-state index is 0.0681. The fourth-order valence-corrected chi connectivity index (χ4v) is 4.73. The molecule has 0 aliphatic heterocycles. The smallest absolute Gasteiger partial charge is 0.268 e. The van der Waals surface area contributed by atoms with Crippen LogP contribution in [0.3, 0.4) is 0 Å². The zero-order chi connectivity index (χ0) is 23.1. The van der Waals surface area contributed by atoms with Crippen LogP contribution in [0, 0.1) is 0 Å². The molecule has 4 heterocycles. The standard InChI is InChI=1S/C22H21N7O3S/c1-12(30)13-7-16(25-8-13)20-19(21(23)31)27-22(33-20)29(14-3-4-14)15-9-26-28(11-15)17-5-6-24-10-18(17)32-2/h5-11,14,25H,3-4H2,1-2H3,(H2,23,31). The Morgan fingerprint density at radius 3 is 2.82 bits per heavy atom. The van der Waals surface area contributed by atoms with Crippen LogP contribution in [0.2, 0.25) is 0 Å². The number of rotatable bonds is 8. The van der Waals surface area contributed by atoms with Crippen molar-refractivity contribution >= 4 is 33.8 Å². The molecule has 0 aromatic carbocycles. The van der Waals surface area contributed by atoms with Crippen LogP contribution in [-0.2, 0) is 0 Å². The van der Waals surface area contributed by atoms with Gasteiger partial charge in [-0.25, -0.2) is 9.67 Å². The van der Waals surface area contributed by atoms with Gasteiger partial charge in [0.2, 0.25) is 0 Å². The molecule has 5 rings (SSSR count). The highest BCUT2D eigenvalue weighted by molar-refractivity contribution is 7.19. The molecule has 0 spiro atoms. The largest absolute Gasteiger partial charge is 0.493 e. The summed E-state index contributed by atoms with van der Waals surface area (Å²) < 4.78 is 7.12. The summed E-state index contributed by atoms with van der Waals surface area (Å²) in [5.41, 5.74) is 8.57. The van der Waals surface area contributed by atoms with Gasteiger partial charge in [-0.2, -0.15) is 5.10 Å². The molecule has 0 saturated heterocycles. The minimum atomic E-state index is -0.626. The van der Waals surface area contributed by atoms with E-state index in [1.54, 1.807) is 42.6 Å². The van der Waals surface area contributed by atoms with Crippen LogP contribution in [0.1, 0.15) is 40.6 Å². The number of carbonyl (C=O) groups excluding carboxylic acids is 2. The van der Waals surface area contributed by atoms with Gasteiger partial charge < -0.3 is 20.4 Å². The number of aromatic amines is 1. The summed E-state index contributed by atoms with van der Waals surface area (Å²) in [6.45, 7) is 1.49. The Morgan fingerprint density at radius 1 is 1.33 bits per heavy atom. The molecule has 0 unspecified atom stereocenters. The topological polar surface area (TPSA) is 132 Å². The molecule has 168 valence electrons. The Labute approximate surface area is 193 Å². The molecule has 1 amide bonds. The van der Waals surface area contributed by atoms with Gasteiger partial charge in [0.15, 0.2) is 22.4 Å². The molecule has 4 aromatic rings. The second kappa shape index (κ2) is 8.17. The van der Waals surface area contributed by atoms with Gasteiger partial charge in [-0.05, 0) is 31.9 Å². The summed E-state index contributed by atoms with van der Waals surface area (Å²) in [5.74, 6) is -0.0912. The number of pyridine rings is 1. The number of thiazole rings is 1. The first-order valence-corrected chi connectivity index (χ1v) is 11.1. The highest BCUT2D eigenvalue weighted by atomic mass is 32.1. The molecule has 0 atom stereocenters. The van der Waals surface area contributed by atoms with Gasteiger partial charge in [0.25, 0.3) is 5.91 Å². The van der Waals surface area contributed by atoms with Crippen LogP contribution in [-0.4, -0.2) is 49.6 Å². The molecule has 10 nitrogen and oxygen atoms in total. The lowest BCUT2D eigenvalue weighted by Crippen LogP contribution is -2.19. The molecule has 0 radical (unpaired) electrons. The van der Waals surface area contributed by atoms with E-state index < -0.39 is 5.91 Å². The monoisotopic (exact) mass is 463 g/mol. The van der Waals surface area contributed by atoms with E-state index in [2.05, 4.69) is 25.0 Å². The summed E-state index contributed by atoms with van der Waals surface area (Å²) in [6.07, 6.45) is 10.6. The molecular weight excluding hydrogens is 442 g/mol. The fraction of sp³-hybridized carbons (Fsp3) is 0.227. The van der Waals surface area contributed by atoms with Crippen LogP contribution in [0.5, 0.6) is 5.75 Å². The van der Waals surface area contributed by atoms with Gasteiger partial charge in [-0.3, -0.25) is 14.6 Å². The number of H-pyrrole nitrogens is 1. The first kappa shape index (κ1) is 20.9. The zero-order valence-electron chi connectivity index (χ0n) is 18.0. The van der Waals surface area contributed by atoms with Crippen molar-refractivity contribution in [3.05, 3.63) is 54.4 Å². The highest BCUT2D eigenvalue weighted by Crippen LogP contribution is 2.43. The van der Waals surface area contributed by atoms with Gasteiger partial charge in [-0.15, -0.1) is 0 Å². The quantitative estimate of drug-likeness (QED) is 0.383. The first-order chi connectivity index (χ1) is 16.0. The second-order valence-corrected chi connectivity index (χ2v) is 8.67. The normalized spacial score (nSPS) is 13.2. The Kier molecular flexibility index (Phi) is 5.17. The molecule has 0 bridgehead atoms. The molecule has 1 aliphatic rings. The molecule has 1 fully saturated rings. The van der Waals surface area contributed by atoms with Gasteiger partial charge in [0, 0.05) is 24.0 Å². The van der Waals surface area contributed by atoms with Crippen molar-refractivity contribution in [3.63, 3.8) is 0 Å². The number of ketones is 1. The molecule has 33 heavy (non-hydrogen) atoms. The third kappa shape index (κ3) is 3.87. The van der Waals surface area contributed by atoms with Crippen LogP contribution in [0.25, 0.3) is 16.3 Å². The number of nitrogens with zero attached hydrogens (tertiary/aromatic N) is 5. The van der Waals surface area contributed by atoms with Gasteiger partial charge in [0.05, 0.1) is 42.0 Å². The number of nitrogens with two attached hydrogens (primary N) is 1. The fourth-order valence-electron chi connectivity index (χ4n) is 3.59. The van der Waals surface area contributed by atoms with E-state index in [-0.39, 0.29) is 17.5 Å². The number of nitrogens with one attached hydrogen (secondary N) is 1. The first-order valence-electron chi connectivity index (χ1n) is 10.3. The molecule has 4 aromatic heterocycles. The van der Waals surface area contributed by atoms with E-state index in [9.17, 15) is 9.59 Å². The van der Waals surface area contributed by atoms with Crippen molar-refractivity contribution in [2.45, 2.75) is 25.8 Å². The SMILES string of the molecule is COc1cnccc1-n1cc(N(c2nc(C(N)=O)c(-c3cc(C(C)=O)c[nH]3)s2)C2CC2)cn1. The number of Topliss-reactive ketones (excluding diaryl/α,β-unsaturated/α-hetero) is 1. The Hall–Kier alpha value is -3.99. The van der Waals surface area contributed by atoms with Crippen molar-refractivity contribution in [1.82, 2.24) is 24.7 Å². The van der Waals surface area contributed by atoms with Crippen molar-refractivity contribution in [2.75, 3.05) is 12.0 Å². The molecule has 11 heteroatoms. The molecule has 1 aliphatic carbocycles. The molecule has 3 N–H and O–H groups in total. The van der Waals surface area contributed by atoms with Crippen molar-refractivity contribution in [1.29, 1.82) is 0 Å². The number of primary amides is 1. The number of amides is 1. The van der Waals surface area contributed by atoms with E-state index in [0.29, 0.717) is 27.0 Å².